The van der Waals surface area contributed by atoms with Crippen LogP contribution in [0.3, 0.4) is 0 Å². The lowest BCUT2D eigenvalue weighted by atomic mass is 10.3. The Balaban J connectivity index is 0.000000637. The lowest BCUT2D eigenvalue weighted by Crippen LogP contribution is -1.99. The zero-order chi connectivity index (χ0) is 14.2. The smallest absolute Gasteiger partial charge is 0.150 e. The molecular weight excluding hydrogens is 328 g/mol. The lowest BCUT2D eigenvalue weighted by molar-refractivity contribution is 1.07. The maximum atomic E-state index is 6.05. The molecule has 0 saturated carbocycles. The molecule has 3 rings (SSSR count). The summed E-state index contributed by atoms with van der Waals surface area (Å²) in [5.41, 5.74) is 8.39. The highest BCUT2D eigenvalue weighted by atomic mass is 79.9. The zero-order valence-electron chi connectivity index (χ0n) is 10.9. The Hall–Kier alpha value is -1.33. The first-order valence-electron chi connectivity index (χ1n) is 5.96. The van der Waals surface area contributed by atoms with Crippen molar-refractivity contribution in [3.8, 4) is 0 Å². The van der Waals surface area contributed by atoms with E-state index in [0.29, 0.717) is 10.8 Å². The number of imidazole rings is 1. The van der Waals surface area contributed by atoms with Crippen LogP contribution in [-0.2, 0) is 0 Å². The molecule has 0 amide bonds. The van der Waals surface area contributed by atoms with Gasteiger partial charge in [0.1, 0.15) is 17.2 Å². The average Bonchev–Trinajstić information content (AvgIpc) is 2.78. The molecule has 0 saturated heterocycles. The molecule has 0 atom stereocenters. The quantitative estimate of drug-likeness (QED) is 0.666. The van der Waals surface area contributed by atoms with Gasteiger partial charge in [0.05, 0.1) is 22.3 Å². The molecule has 2 aromatic heterocycles. The van der Waals surface area contributed by atoms with Gasteiger partial charge < -0.3 is 5.73 Å². The van der Waals surface area contributed by atoms with Gasteiger partial charge in [0.2, 0.25) is 0 Å². The molecule has 6 heteroatoms. The van der Waals surface area contributed by atoms with Crippen LogP contribution in [0.2, 0.25) is 5.02 Å². The molecule has 0 aliphatic heterocycles. The molecule has 0 bridgehead atoms. The Morgan fingerprint density at radius 3 is 2.63 bits per heavy atom. The molecule has 0 unspecified atom stereocenters. The second kappa shape index (κ2) is 5.35. The van der Waals surface area contributed by atoms with Crippen LogP contribution < -0.4 is 5.73 Å². The van der Waals surface area contributed by atoms with E-state index < -0.39 is 0 Å². The molecule has 0 radical (unpaired) electrons. The molecule has 0 fully saturated rings. The fourth-order valence-electron chi connectivity index (χ4n) is 1.91. The van der Waals surface area contributed by atoms with Crippen molar-refractivity contribution in [2.24, 2.45) is 0 Å². The van der Waals surface area contributed by atoms with Crippen molar-refractivity contribution in [3.05, 3.63) is 33.6 Å². The largest absolute Gasteiger partial charge is 0.382 e. The third-order valence-electron chi connectivity index (χ3n) is 2.70. The standard InChI is InChI=1S/C11H8BrClN4.C2H6/c1-5-15-4-10-11(14)16-8-3-7(13)6(12)2-9(8)17(5)10;1-2/h2-4H,1H3,(H2,14,16);1-2H3. The van der Waals surface area contributed by atoms with Gasteiger partial charge in [-0.25, -0.2) is 9.97 Å². The van der Waals surface area contributed by atoms with Crippen LogP contribution in [0.1, 0.15) is 19.7 Å². The number of nitrogen functional groups attached to an aromatic ring is 1. The molecule has 19 heavy (non-hydrogen) atoms. The number of aryl methyl sites for hydroxylation is 1. The Bertz CT molecular complexity index is 751. The molecule has 1 aromatic carbocycles. The van der Waals surface area contributed by atoms with Crippen LogP contribution in [0.25, 0.3) is 16.6 Å². The van der Waals surface area contributed by atoms with Gasteiger partial charge in [-0.3, -0.25) is 4.40 Å². The van der Waals surface area contributed by atoms with Gasteiger partial charge in [-0.2, -0.15) is 0 Å². The molecular formula is C13H14BrClN4. The summed E-state index contributed by atoms with van der Waals surface area (Å²) < 4.78 is 2.80. The van der Waals surface area contributed by atoms with Gasteiger partial charge in [-0.1, -0.05) is 25.4 Å². The van der Waals surface area contributed by atoms with Gasteiger partial charge in [0, 0.05) is 4.47 Å². The highest BCUT2D eigenvalue weighted by Gasteiger charge is 2.11. The third kappa shape index (κ3) is 2.28. The van der Waals surface area contributed by atoms with Crippen molar-refractivity contribution >= 4 is 49.9 Å². The molecule has 0 aliphatic carbocycles. The van der Waals surface area contributed by atoms with Crippen molar-refractivity contribution in [1.29, 1.82) is 0 Å². The summed E-state index contributed by atoms with van der Waals surface area (Å²) in [6, 6.07) is 3.71. The van der Waals surface area contributed by atoms with Crippen LogP contribution in [0.5, 0.6) is 0 Å². The molecule has 0 aliphatic rings. The van der Waals surface area contributed by atoms with Crippen molar-refractivity contribution in [1.82, 2.24) is 14.4 Å². The second-order valence-electron chi connectivity index (χ2n) is 3.78. The molecule has 2 N–H and O–H groups in total. The van der Waals surface area contributed by atoms with Crippen molar-refractivity contribution in [3.63, 3.8) is 0 Å². The summed E-state index contributed by atoms with van der Waals surface area (Å²) in [6.45, 7) is 5.92. The van der Waals surface area contributed by atoms with E-state index in [1.54, 1.807) is 12.3 Å². The normalized spacial score (nSPS) is 10.6. The van der Waals surface area contributed by atoms with Crippen LogP contribution in [0.15, 0.2) is 22.8 Å². The maximum absolute atomic E-state index is 6.05. The predicted octanol–water partition coefficient (Wildman–Crippen LogP) is 4.22. The van der Waals surface area contributed by atoms with E-state index in [1.165, 1.54) is 0 Å². The molecule has 0 spiro atoms. The SMILES string of the molecule is CC.Cc1ncc2c(N)nc3cc(Cl)c(Br)cc3n12. The summed E-state index contributed by atoms with van der Waals surface area (Å²) in [7, 11) is 0. The number of benzene rings is 1. The molecule has 100 valence electrons. The van der Waals surface area contributed by atoms with Crippen LogP contribution in [0, 0.1) is 6.92 Å². The second-order valence-corrected chi connectivity index (χ2v) is 5.04. The fourth-order valence-corrected chi connectivity index (χ4v) is 2.40. The van der Waals surface area contributed by atoms with Gasteiger partial charge in [0.25, 0.3) is 0 Å². The first-order valence-corrected chi connectivity index (χ1v) is 7.13. The first kappa shape index (κ1) is 14.1. The molecule has 2 heterocycles. The fraction of sp³-hybridized carbons (Fsp3) is 0.231. The Kier molecular flexibility index (Phi) is 3.96. The minimum Gasteiger partial charge on any atom is -0.382 e. The van der Waals surface area contributed by atoms with E-state index in [1.807, 2.05) is 31.2 Å². The summed E-state index contributed by atoms with van der Waals surface area (Å²) >= 11 is 9.46. The number of anilines is 1. The number of nitrogens with zero attached hydrogens (tertiary/aromatic N) is 3. The number of fused-ring (bicyclic) bond motifs is 3. The predicted molar refractivity (Wildman–Crippen MR) is 83.7 cm³/mol. The summed E-state index contributed by atoms with van der Waals surface area (Å²) in [5.74, 6) is 1.32. The van der Waals surface area contributed by atoms with Gasteiger partial charge >= 0.3 is 0 Å². The first-order chi connectivity index (χ1) is 9.08. The van der Waals surface area contributed by atoms with Gasteiger partial charge in [0.15, 0.2) is 0 Å². The summed E-state index contributed by atoms with van der Waals surface area (Å²) in [5, 5.41) is 0.613. The van der Waals surface area contributed by atoms with E-state index in [9.17, 15) is 0 Å². The number of hydrogen-bond acceptors (Lipinski definition) is 3. The number of halogens is 2. The van der Waals surface area contributed by atoms with Crippen molar-refractivity contribution in [2.75, 3.05) is 5.73 Å². The lowest BCUT2D eigenvalue weighted by Gasteiger charge is -2.07. The highest BCUT2D eigenvalue weighted by molar-refractivity contribution is 9.10. The zero-order valence-corrected chi connectivity index (χ0v) is 13.2. The van der Waals surface area contributed by atoms with Crippen LogP contribution >= 0.6 is 27.5 Å². The number of aromatic nitrogens is 3. The minimum atomic E-state index is 0.455. The van der Waals surface area contributed by atoms with E-state index >= 15 is 0 Å². The minimum absolute atomic E-state index is 0.455. The van der Waals surface area contributed by atoms with Crippen molar-refractivity contribution < 1.29 is 0 Å². The molecule has 4 nitrogen and oxygen atoms in total. The van der Waals surface area contributed by atoms with Crippen molar-refractivity contribution in [2.45, 2.75) is 20.8 Å². The van der Waals surface area contributed by atoms with E-state index in [-0.39, 0.29) is 0 Å². The third-order valence-corrected chi connectivity index (χ3v) is 3.90. The van der Waals surface area contributed by atoms with Gasteiger partial charge in [-0.15, -0.1) is 0 Å². The topological polar surface area (TPSA) is 56.2 Å². The average molecular weight is 342 g/mol. The number of nitrogens with two attached hydrogens (primary N) is 1. The highest BCUT2D eigenvalue weighted by Crippen LogP contribution is 2.29. The van der Waals surface area contributed by atoms with E-state index in [0.717, 1.165) is 26.8 Å². The molecule has 3 aromatic rings. The number of hydrogen-bond donors (Lipinski definition) is 1. The monoisotopic (exact) mass is 340 g/mol. The van der Waals surface area contributed by atoms with Gasteiger partial charge in [-0.05, 0) is 35.0 Å². The Morgan fingerprint density at radius 1 is 1.26 bits per heavy atom. The van der Waals surface area contributed by atoms with E-state index in [4.69, 9.17) is 17.3 Å². The Labute approximate surface area is 124 Å². The van der Waals surface area contributed by atoms with Crippen LogP contribution in [0.4, 0.5) is 5.82 Å². The van der Waals surface area contributed by atoms with E-state index in [2.05, 4.69) is 25.9 Å². The summed E-state index contributed by atoms with van der Waals surface area (Å²) in [4.78, 5) is 8.58. The summed E-state index contributed by atoms with van der Waals surface area (Å²) in [6.07, 6.45) is 1.72. The van der Waals surface area contributed by atoms with Crippen LogP contribution in [-0.4, -0.2) is 14.4 Å². The maximum Gasteiger partial charge on any atom is 0.150 e. The number of rotatable bonds is 0. The Morgan fingerprint density at radius 2 is 1.95 bits per heavy atom.